The first-order valence-corrected chi connectivity index (χ1v) is 9.50. The molecule has 0 bridgehead atoms. The quantitative estimate of drug-likeness (QED) is 0.476. The Morgan fingerprint density at radius 1 is 1.20 bits per heavy atom. The molecular weight excluding hydrogens is 402 g/mol. The van der Waals surface area contributed by atoms with E-state index in [0.29, 0.717) is 0 Å². The van der Waals surface area contributed by atoms with Crippen LogP contribution in [0.15, 0.2) is 0 Å². The summed E-state index contributed by atoms with van der Waals surface area (Å²) >= 11 is 0. The lowest BCUT2D eigenvalue weighted by Crippen LogP contribution is -2.48. The highest BCUT2D eigenvalue weighted by Crippen LogP contribution is 2.24. The van der Waals surface area contributed by atoms with Crippen LogP contribution < -0.4 is 5.32 Å². The Labute approximate surface area is 174 Å². The lowest BCUT2D eigenvalue weighted by molar-refractivity contribution is -0.178. The molecule has 11 nitrogen and oxygen atoms in total. The number of carboxylic acid groups (broad SMARTS) is 1. The fraction of sp³-hybridized carbons (Fsp3) is 0.737. The van der Waals surface area contributed by atoms with Gasteiger partial charge in [-0.2, -0.15) is 0 Å². The molecule has 4 atom stereocenters. The number of amides is 1. The third-order valence-corrected chi connectivity index (χ3v) is 3.95. The van der Waals surface area contributed by atoms with Crippen LogP contribution in [0.2, 0.25) is 0 Å². The Kier molecular flexibility index (Phi) is 8.61. The molecule has 1 rings (SSSR count). The van der Waals surface area contributed by atoms with Gasteiger partial charge in [0, 0.05) is 0 Å². The minimum atomic E-state index is -1.41. The van der Waals surface area contributed by atoms with Crippen LogP contribution >= 0.6 is 0 Å². The number of esters is 3. The Hall–Kier alpha value is -2.85. The molecule has 11 heteroatoms. The van der Waals surface area contributed by atoms with Crippen LogP contribution in [0.4, 0.5) is 4.79 Å². The third-order valence-electron chi connectivity index (χ3n) is 3.95. The first kappa shape index (κ1) is 25.2. The first-order valence-electron chi connectivity index (χ1n) is 9.50. The molecule has 2 N–H and O–H groups in total. The summed E-state index contributed by atoms with van der Waals surface area (Å²) in [5.41, 5.74) is -0.834. The van der Waals surface area contributed by atoms with Gasteiger partial charge in [0.15, 0.2) is 12.1 Å². The van der Waals surface area contributed by atoms with E-state index in [4.69, 9.17) is 24.1 Å². The smallest absolute Gasteiger partial charge is 0.408 e. The second kappa shape index (κ2) is 10.3. The molecule has 0 aromatic carbocycles. The Balaban J connectivity index is 3.12. The number of alkyl carbamates (subject to hydrolysis) is 1. The monoisotopic (exact) mass is 431 g/mol. The Bertz CT molecular complexity index is 681. The Morgan fingerprint density at radius 3 is 2.30 bits per heavy atom. The molecule has 0 radical (unpaired) electrons. The molecular formula is C19H29NO10. The number of cyclic esters (lactones) is 2. The van der Waals surface area contributed by atoms with Crippen molar-refractivity contribution in [3.63, 3.8) is 0 Å². The van der Waals surface area contributed by atoms with Crippen molar-refractivity contribution in [2.75, 3.05) is 6.61 Å². The molecule has 0 saturated carbocycles. The van der Waals surface area contributed by atoms with Gasteiger partial charge < -0.3 is 29.4 Å². The van der Waals surface area contributed by atoms with Gasteiger partial charge in [0.25, 0.3) is 0 Å². The topological polar surface area (TPSA) is 155 Å². The zero-order chi connectivity index (χ0) is 23.2. The minimum absolute atomic E-state index is 0.566. The van der Waals surface area contributed by atoms with Crippen LogP contribution in [0.3, 0.4) is 0 Å². The highest BCUT2D eigenvalue weighted by Gasteiger charge is 2.43. The average Bonchev–Trinajstić information content (AvgIpc) is 2.61. The second-order valence-electron chi connectivity index (χ2n) is 8.23. The summed E-state index contributed by atoms with van der Waals surface area (Å²) in [6.07, 6.45) is -4.20. The zero-order valence-corrected chi connectivity index (χ0v) is 17.9. The summed E-state index contributed by atoms with van der Waals surface area (Å²) in [5, 5.41) is 11.4. The number of ether oxygens (including phenoxy) is 4. The molecule has 30 heavy (non-hydrogen) atoms. The van der Waals surface area contributed by atoms with E-state index in [1.165, 1.54) is 6.92 Å². The molecule has 0 spiro atoms. The molecule has 1 saturated heterocycles. The van der Waals surface area contributed by atoms with Crippen molar-refractivity contribution in [3.05, 3.63) is 0 Å². The van der Waals surface area contributed by atoms with Crippen LogP contribution in [-0.2, 0) is 38.1 Å². The van der Waals surface area contributed by atoms with Gasteiger partial charge in [0.2, 0.25) is 0 Å². The number of hydrogen-bond donors (Lipinski definition) is 2. The molecule has 1 aliphatic rings. The van der Waals surface area contributed by atoms with Crippen molar-refractivity contribution >= 4 is 30.0 Å². The maximum Gasteiger partial charge on any atom is 0.408 e. The SMILES string of the molecule is CC(C)C(=O)OC1C(C)OC(=O)C(NC(=O)OC(C)(C)C)COC(=O)C1CC(=O)O. The van der Waals surface area contributed by atoms with Gasteiger partial charge in [-0.1, -0.05) is 13.8 Å². The van der Waals surface area contributed by atoms with E-state index in [2.05, 4.69) is 5.32 Å². The van der Waals surface area contributed by atoms with Crippen molar-refractivity contribution in [2.45, 2.75) is 71.8 Å². The van der Waals surface area contributed by atoms with E-state index < -0.39 is 78.7 Å². The number of rotatable bonds is 5. The summed E-state index contributed by atoms with van der Waals surface area (Å²) in [6, 6.07) is -1.39. The van der Waals surface area contributed by atoms with Crippen molar-refractivity contribution < 1.29 is 48.0 Å². The summed E-state index contributed by atoms with van der Waals surface area (Å²) in [5.74, 6) is -5.96. The first-order chi connectivity index (χ1) is 13.7. The maximum atomic E-state index is 12.5. The van der Waals surface area contributed by atoms with Gasteiger partial charge in [0.05, 0.1) is 12.3 Å². The molecule has 0 aromatic rings. The Morgan fingerprint density at radius 2 is 1.80 bits per heavy atom. The van der Waals surface area contributed by atoms with E-state index in [1.807, 2.05) is 0 Å². The molecule has 0 aliphatic carbocycles. The minimum Gasteiger partial charge on any atom is -0.481 e. The number of carbonyl (C=O) groups is 5. The van der Waals surface area contributed by atoms with E-state index in [-0.39, 0.29) is 0 Å². The fourth-order valence-corrected chi connectivity index (χ4v) is 2.52. The molecule has 0 aromatic heterocycles. The van der Waals surface area contributed by atoms with Gasteiger partial charge in [0.1, 0.15) is 24.2 Å². The van der Waals surface area contributed by atoms with Gasteiger partial charge in [-0.15, -0.1) is 0 Å². The molecule has 4 unspecified atom stereocenters. The molecule has 1 amide bonds. The van der Waals surface area contributed by atoms with E-state index in [0.717, 1.165) is 0 Å². The number of carboxylic acids is 1. The summed E-state index contributed by atoms with van der Waals surface area (Å²) in [6.45, 7) is 8.73. The number of hydrogen-bond acceptors (Lipinski definition) is 9. The van der Waals surface area contributed by atoms with E-state index in [9.17, 15) is 24.0 Å². The molecule has 1 fully saturated rings. The van der Waals surface area contributed by atoms with Crippen LogP contribution in [0, 0.1) is 11.8 Å². The van der Waals surface area contributed by atoms with Gasteiger partial charge in [-0.25, -0.2) is 9.59 Å². The summed E-state index contributed by atoms with van der Waals surface area (Å²) < 4.78 is 20.7. The molecule has 1 heterocycles. The molecule has 170 valence electrons. The van der Waals surface area contributed by atoms with Crippen LogP contribution in [-0.4, -0.2) is 65.5 Å². The number of aliphatic carboxylic acids is 1. The lowest BCUT2D eigenvalue weighted by Gasteiger charge is -2.28. The standard InChI is InChI=1S/C19H29NO10/c1-9(2)15(23)29-14-10(3)28-17(25)12(20-18(26)30-19(4,5)6)8-27-16(24)11(14)7-13(21)22/h9-12,14H,7-8H2,1-6H3,(H,20,26)(H,21,22). The maximum absolute atomic E-state index is 12.5. The molecule has 1 aliphatic heterocycles. The van der Waals surface area contributed by atoms with E-state index >= 15 is 0 Å². The van der Waals surface area contributed by atoms with Crippen LogP contribution in [0.25, 0.3) is 0 Å². The number of carbonyl (C=O) groups excluding carboxylic acids is 4. The fourth-order valence-electron chi connectivity index (χ4n) is 2.52. The summed E-state index contributed by atoms with van der Waals surface area (Å²) in [7, 11) is 0. The summed E-state index contributed by atoms with van der Waals surface area (Å²) in [4.78, 5) is 60.3. The van der Waals surface area contributed by atoms with Crippen molar-refractivity contribution in [1.82, 2.24) is 5.32 Å². The predicted molar refractivity (Wildman–Crippen MR) is 100 cm³/mol. The highest BCUT2D eigenvalue weighted by molar-refractivity contribution is 5.84. The second-order valence-corrected chi connectivity index (χ2v) is 8.23. The van der Waals surface area contributed by atoms with Crippen LogP contribution in [0.1, 0.15) is 48.0 Å². The van der Waals surface area contributed by atoms with Crippen molar-refractivity contribution in [3.8, 4) is 0 Å². The van der Waals surface area contributed by atoms with Gasteiger partial charge in [-0.05, 0) is 27.7 Å². The largest absolute Gasteiger partial charge is 0.481 e. The van der Waals surface area contributed by atoms with E-state index in [1.54, 1.807) is 34.6 Å². The average molecular weight is 431 g/mol. The van der Waals surface area contributed by atoms with Crippen molar-refractivity contribution in [1.29, 1.82) is 0 Å². The van der Waals surface area contributed by atoms with Crippen molar-refractivity contribution in [2.24, 2.45) is 11.8 Å². The van der Waals surface area contributed by atoms with Gasteiger partial charge in [-0.3, -0.25) is 14.4 Å². The van der Waals surface area contributed by atoms with Gasteiger partial charge >= 0.3 is 30.0 Å². The number of nitrogens with one attached hydrogen (secondary N) is 1. The lowest BCUT2D eigenvalue weighted by atomic mass is 9.94. The third kappa shape index (κ3) is 7.88. The zero-order valence-electron chi connectivity index (χ0n) is 17.9. The van der Waals surface area contributed by atoms with Crippen LogP contribution in [0.5, 0.6) is 0 Å². The predicted octanol–water partition coefficient (Wildman–Crippen LogP) is 1.03. The highest BCUT2D eigenvalue weighted by atomic mass is 16.6. The normalized spacial score (nSPS) is 25.2.